The number of hydrogen-bond acceptors (Lipinski definition) is 3. The lowest BCUT2D eigenvalue weighted by Gasteiger charge is -2.22. The van der Waals surface area contributed by atoms with Crippen molar-refractivity contribution in [2.45, 2.75) is 13.8 Å². The molecule has 112 valence electrons. The van der Waals surface area contributed by atoms with Crippen molar-refractivity contribution >= 4 is 17.7 Å². The Labute approximate surface area is 124 Å². The molecule has 1 rings (SSSR count). The second-order valence-electron chi connectivity index (χ2n) is 5.06. The number of nitrogens with zero attached hydrogens (tertiary/aromatic N) is 2. The number of urea groups is 1. The predicted molar refractivity (Wildman–Crippen MR) is 78.9 cm³/mol. The Hall–Kier alpha value is -2.55. The molecule has 0 saturated heterocycles. The van der Waals surface area contributed by atoms with Gasteiger partial charge in [-0.3, -0.25) is 9.69 Å². The number of carboxylic acid groups (broad SMARTS) is 1. The number of nitriles is 1. The number of aliphatic carboxylic acids is 1. The van der Waals surface area contributed by atoms with Gasteiger partial charge in [0.15, 0.2) is 0 Å². The van der Waals surface area contributed by atoms with E-state index in [-0.39, 0.29) is 12.5 Å². The number of carbonyl (C=O) groups excluding carboxylic acids is 1. The number of anilines is 1. The molecule has 1 aromatic carbocycles. The Morgan fingerprint density at radius 3 is 2.52 bits per heavy atom. The van der Waals surface area contributed by atoms with Crippen LogP contribution in [0.15, 0.2) is 24.3 Å². The van der Waals surface area contributed by atoms with Gasteiger partial charge in [-0.25, -0.2) is 4.79 Å². The third-order valence-corrected chi connectivity index (χ3v) is 3.29. The summed E-state index contributed by atoms with van der Waals surface area (Å²) in [6, 6.07) is 8.30. The first kappa shape index (κ1) is 16.5. The maximum absolute atomic E-state index is 12.1. The molecule has 0 aliphatic rings. The van der Waals surface area contributed by atoms with Crippen LogP contribution in [0, 0.1) is 23.2 Å². The molecule has 0 fully saturated rings. The van der Waals surface area contributed by atoms with Crippen LogP contribution in [0.25, 0.3) is 0 Å². The minimum absolute atomic E-state index is 0.0465. The van der Waals surface area contributed by atoms with Gasteiger partial charge in [0.1, 0.15) is 6.07 Å². The van der Waals surface area contributed by atoms with E-state index in [1.165, 1.54) is 11.9 Å². The number of rotatable bonds is 5. The molecule has 0 heterocycles. The normalized spacial score (nSPS) is 11.6. The van der Waals surface area contributed by atoms with Crippen molar-refractivity contribution in [2.75, 3.05) is 18.5 Å². The van der Waals surface area contributed by atoms with Crippen LogP contribution in [-0.2, 0) is 4.79 Å². The average Bonchev–Trinajstić information content (AvgIpc) is 2.45. The summed E-state index contributed by atoms with van der Waals surface area (Å²) in [5.41, 5.74) is 0.864. The van der Waals surface area contributed by atoms with Gasteiger partial charge in [-0.05, 0) is 18.1 Å². The van der Waals surface area contributed by atoms with Gasteiger partial charge in [-0.1, -0.05) is 26.0 Å². The van der Waals surface area contributed by atoms with E-state index in [9.17, 15) is 9.59 Å². The van der Waals surface area contributed by atoms with E-state index < -0.39 is 17.9 Å². The highest BCUT2D eigenvalue weighted by molar-refractivity contribution is 5.93. The van der Waals surface area contributed by atoms with Crippen LogP contribution in [0.1, 0.15) is 19.4 Å². The van der Waals surface area contributed by atoms with Crippen molar-refractivity contribution in [2.24, 2.45) is 11.8 Å². The summed E-state index contributed by atoms with van der Waals surface area (Å²) in [7, 11) is 1.54. The van der Waals surface area contributed by atoms with Gasteiger partial charge in [-0.15, -0.1) is 0 Å². The van der Waals surface area contributed by atoms with Gasteiger partial charge in [0, 0.05) is 13.6 Å². The Kier molecular flexibility index (Phi) is 5.73. The van der Waals surface area contributed by atoms with E-state index in [1.54, 1.807) is 38.1 Å². The minimum Gasteiger partial charge on any atom is -0.481 e. The largest absolute Gasteiger partial charge is 0.481 e. The zero-order valence-electron chi connectivity index (χ0n) is 12.3. The van der Waals surface area contributed by atoms with Crippen molar-refractivity contribution in [1.82, 2.24) is 5.32 Å². The van der Waals surface area contributed by atoms with Crippen molar-refractivity contribution in [3.05, 3.63) is 29.8 Å². The third-order valence-electron chi connectivity index (χ3n) is 3.29. The summed E-state index contributed by atoms with van der Waals surface area (Å²) < 4.78 is 0. The Bertz CT molecular complexity index is 564. The number of hydrogen-bond donors (Lipinski definition) is 2. The quantitative estimate of drug-likeness (QED) is 0.867. The lowest BCUT2D eigenvalue weighted by molar-refractivity contribution is -0.142. The number of nitrogens with one attached hydrogen (secondary N) is 1. The first-order valence-corrected chi connectivity index (χ1v) is 6.62. The molecule has 0 aliphatic carbocycles. The SMILES string of the molecule is CC(C)C(CNC(=O)N(C)c1ccccc1C#N)C(=O)O. The molecule has 1 atom stereocenters. The van der Waals surface area contributed by atoms with Crippen LogP contribution < -0.4 is 10.2 Å². The predicted octanol–water partition coefficient (Wildman–Crippen LogP) is 2.06. The van der Waals surface area contributed by atoms with Crippen LogP contribution >= 0.6 is 0 Å². The van der Waals surface area contributed by atoms with Crippen molar-refractivity contribution in [3.8, 4) is 6.07 Å². The molecular weight excluding hydrogens is 270 g/mol. The molecule has 0 radical (unpaired) electrons. The van der Waals surface area contributed by atoms with E-state index in [0.717, 1.165) is 0 Å². The molecule has 0 aliphatic heterocycles. The standard InChI is InChI=1S/C15H19N3O3/c1-10(2)12(14(19)20)9-17-15(21)18(3)13-7-5-4-6-11(13)8-16/h4-7,10,12H,9H2,1-3H3,(H,17,21)(H,19,20). The van der Waals surface area contributed by atoms with Gasteiger partial charge >= 0.3 is 12.0 Å². The van der Waals surface area contributed by atoms with E-state index in [4.69, 9.17) is 10.4 Å². The summed E-state index contributed by atoms with van der Waals surface area (Å²) in [5.74, 6) is -1.67. The van der Waals surface area contributed by atoms with Gasteiger partial charge < -0.3 is 10.4 Å². The van der Waals surface area contributed by atoms with Crippen LogP contribution in [0.2, 0.25) is 0 Å². The molecule has 1 aromatic rings. The second kappa shape index (κ2) is 7.29. The van der Waals surface area contributed by atoms with Crippen LogP contribution in [-0.4, -0.2) is 30.7 Å². The Morgan fingerprint density at radius 2 is 2.00 bits per heavy atom. The molecular formula is C15H19N3O3. The van der Waals surface area contributed by atoms with Crippen LogP contribution in [0.4, 0.5) is 10.5 Å². The topological polar surface area (TPSA) is 93.4 Å². The van der Waals surface area contributed by atoms with Crippen LogP contribution in [0.5, 0.6) is 0 Å². The monoisotopic (exact) mass is 289 g/mol. The summed E-state index contributed by atoms with van der Waals surface area (Å²) in [4.78, 5) is 24.5. The van der Waals surface area contributed by atoms with Crippen molar-refractivity contribution < 1.29 is 14.7 Å². The zero-order valence-corrected chi connectivity index (χ0v) is 12.3. The third kappa shape index (κ3) is 4.21. The molecule has 21 heavy (non-hydrogen) atoms. The van der Waals surface area contributed by atoms with E-state index in [2.05, 4.69) is 5.32 Å². The highest BCUT2D eigenvalue weighted by atomic mass is 16.4. The average molecular weight is 289 g/mol. The molecule has 6 nitrogen and oxygen atoms in total. The summed E-state index contributed by atoms with van der Waals surface area (Å²) >= 11 is 0. The second-order valence-corrected chi connectivity index (χ2v) is 5.06. The van der Waals surface area contributed by atoms with E-state index >= 15 is 0 Å². The Balaban J connectivity index is 2.76. The molecule has 6 heteroatoms. The highest BCUT2D eigenvalue weighted by Gasteiger charge is 2.23. The molecule has 0 spiro atoms. The first-order valence-electron chi connectivity index (χ1n) is 6.62. The van der Waals surface area contributed by atoms with E-state index in [1.807, 2.05) is 6.07 Å². The Morgan fingerprint density at radius 1 is 1.38 bits per heavy atom. The number of carboxylic acids is 1. The maximum Gasteiger partial charge on any atom is 0.321 e. The van der Waals surface area contributed by atoms with Crippen molar-refractivity contribution in [3.63, 3.8) is 0 Å². The van der Waals surface area contributed by atoms with E-state index in [0.29, 0.717) is 11.3 Å². The number of para-hydroxylation sites is 1. The number of carbonyl (C=O) groups is 2. The van der Waals surface area contributed by atoms with Crippen LogP contribution in [0.3, 0.4) is 0 Å². The van der Waals surface area contributed by atoms with Gasteiger partial charge in [0.25, 0.3) is 0 Å². The maximum atomic E-state index is 12.1. The van der Waals surface area contributed by atoms with Crippen molar-refractivity contribution in [1.29, 1.82) is 5.26 Å². The number of amides is 2. The molecule has 2 amide bonds. The summed E-state index contributed by atoms with van der Waals surface area (Å²) in [6.07, 6.45) is 0. The number of benzene rings is 1. The zero-order chi connectivity index (χ0) is 16.0. The molecule has 2 N–H and O–H groups in total. The summed E-state index contributed by atoms with van der Waals surface area (Å²) in [5, 5.41) is 20.7. The van der Waals surface area contributed by atoms with Gasteiger partial charge in [-0.2, -0.15) is 5.26 Å². The highest BCUT2D eigenvalue weighted by Crippen LogP contribution is 2.18. The molecule has 0 aromatic heterocycles. The van der Waals surface area contributed by atoms with Gasteiger partial charge in [0.2, 0.25) is 0 Å². The van der Waals surface area contributed by atoms with Gasteiger partial charge in [0.05, 0.1) is 17.2 Å². The first-order chi connectivity index (χ1) is 9.88. The minimum atomic E-state index is -0.939. The molecule has 0 saturated carbocycles. The fourth-order valence-corrected chi connectivity index (χ4v) is 1.89. The molecule has 0 bridgehead atoms. The fourth-order valence-electron chi connectivity index (χ4n) is 1.89. The smallest absolute Gasteiger partial charge is 0.321 e. The molecule has 1 unspecified atom stereocenters. The lowest BCUT2D eigenvalue weighted by Crippen LogP contribution is -2.42. The summed E-state index contributed by atoms with van der Waals surface area (Å²) in [6.45, 7) is 3.63. The fraction of sp³-hybridized carbons (Fsp3) is 0.400. The lowest BCUT2D eigenvalue weighted by atomic mass is 9.96.